The van der Waals surface area contributed by atoms with Crippen molar-refractivity contribution in [3.63, 3.8) is 0 Å². The minimum absolute atomic E-state index is 0.251. The smallest absolute Gasteiger partial charge is 0.264 e. The van der Waals surface area contributed by atoms with Crippen molar-refractivity contribution in [2.45, 2.75) is 13.5 Å². The lowest BCUT2D eigenvalue weighted by molar-refractivity contribution is -0.115. The second-order valence-corrected chi connectivity index (χ2v) is 9.88. The summed E-state index contributed by atoms with van der Waals surface area (Å²) in [5.74, 6) is 0.846. The number of amides is 1. The maximum atomic E-state index is 12.5. The van der Waals surface area contributed by atoms with Gasteiger partial charge in [0.15, 0.2) is 16.7 Å². The van der Waals surface area contributed by atoms with Crippen LogP contribution in [-0.2, 0) is 11.4 Å². The van der Waals surface area contributed by atoms with Gasteiger partial charge in [0.05, 0.1) is 27.2 Å². The molecule has 3 aromatic rings. The highest BCUT2D eigenvalue weighted by Gasteiger charge is 2.24. The Morgan fingerprint density at radius 3 is 2.57 bits per heavy atom. The van der Waals surface area contributed by atoms with Gasteiger partial charge in [-0.3, -0.25) is 4.79 Å². The topological polar surface area (TPSA) is 59.9 Å². The highest BCUT2D eigenvalue weighted by Crippen LogP contribution is 2.36. The van der Waals surface area contributed by atoms with E-state index in [2.05, 4.69) is 10.3 Å². The molecule has 0 aliphatic carbocycles. The maximum Gasteiger partial charge on any atom is 0.264 e. The molecule has 0 saturated carbocycles. The van der Waals surface area contributed by atoms with Gasteiger partial charge in [-0.05, 0) is 66.7 Å². The number of hydrogen-bond donors (Lipinski definition) is 1. The van der Waals surface area contributed by atoms with Crippen LogP contribution in [0.15, 0.2) is 64.5 Å². The molecule has 0 unspecified atom stereocenters. The van der Waals surface area contributed by atoms with Crippen LogP contribution in [0.4, 0.5) is 5.69 Å². The molecule has 1 N–H and O–H groups in total. The van der Waals surface area contributed by atoms with E-state index < -0.39 is 0 Å². The molecule has 5 nitrogen and oxygen atoms in total. The summed E-state index contributed by atoms with van der Waals surface area (Å²) < 4.78 is 11.7. The van der Waals surface area contributed by atoms with Crippen LogP contribution < -0.4 is 14.8 Å². The monoisotopic (exact) mass is 566 g/mol. The summed E-state index contributed by atoms with van der Waals surface area (Å²) in [4.78, 5) is 17.4. The molecule has 180 valence electrons. The molecule has 0 radical (unpaired) electrons. The van der Waals surface area contributed by atoms with Crippen molar-refractivity contribution in [2.75, 3.05) is 6.61 Å². The maximum absolute atomic E-state index is 12.5. The van der Waals surface area contributed by atoms with Crippen LogP contribution in [0.2, 0.25) is 20.1 Å². The largest absolute Gasteiger partial charge is 0.490 e. The van der Waals surface area contributed by atoms with Gasteiger partial charge in [0.25, 0.3) is 5.91 Å². The van der Waals surface area contributed by atoms with E-state index in [0.717, 1.165) is 11.1 Å². The zero-order chi connectivity index (χ0) is 24.9. The quantitative estimate of drug-likeness (QED) is 0.292. The van der Waals surface area contributed by atoms with Crippen molar-refractivity contribution in [1.82, 2.24) is 5.32 Å². The summed E-state index contributed by atoms with van der Waals surface area (Å²) in [6, 6.07) is 15.8. The molecule has 0 atom stereocenters. The second kappa shape index (κ2) is 11.6. The molecule has 1 aliphatic heterocycles. The number of amidine groups is 1. The van der Waals surface area contributed by atoms with Crippen molar-refractivity contribution in [1.29, 1.82) is 0 Å². The third-order valence-electron chi connectivity index (χ3n) is 4.77. The molecule has 4 rings (SSSR count). The zero-order valence-corrected chi connectivity index (χ0v) is 22.1. The molecule has 1 saturated heterocycles. The molecule has 1 heterocycles. The molecule has 1 fully saturated rings. The normalized spacial score (nSPS) is 15.5. The Morgan fingerprint density at radius 2 is 1.80 bits per heavy atom. The molecule has 35 heavy (non-hydrogen) atoms. The van der Waals surface area contributed by atoms with Gasteiger partial charge in [0.2, 0.25) is 0 Å². The number of aliphatic imine (C=N–C) groups is 1. The molecule has 3 aromatic carbocycles. The number of nitrogens with one attached hydrogen (secondary N) is 1. The summed E-state index contributed by atoms with van der Waals surface area (Å²) in [6.45, 7) is 2.58. The lowest BCUT2D eigenvalue weighted by Crippen LogP contribution is -2.19. The Bertz CT molecular complexity index is 1340. The van der Waals surface area contributed by atoms with Crippen molar-refractivity contribution in [2.24, 2.45) is 4.99 Å². The third kappa shape index (κ3) is 6.46. The summed E-state index contributed by atoms with van der Waals surface area (Å²) in [7, 11) is 0. The number of ether oxygens (including phenoxy) is 2. The lowest BCUT2D eigenvalue weighted by atomic mass is 10.2. The summed E-state index contributed by atoms with van der Waals surface area (Å²) in [5.41, 5.74) is 2.05. The van der Waals surface area contributed by atoms with E-state index in [1.807, 2.05) is 25.1 Å². The van der Waals surface area contributed by atoms with Crippen LogP contribution in [0.5, 0.6) is 11.5 Å². The first-order valence-corrected chi connectivity index (χ1v) is 12.7. The molecule has 0 bridgehead atoms. The van der Waals surface area contributed by atoms with Crippen LogP contribution in [0.3, 0.4) is 0 Å². The van der Waals surface area contributed by atoms with Gasteiger partial charge in [-0.25, -0.2) is 4.99 Å². The molecule has 1 amide bonds. The van der Waals surface area contributed by atoms with Crippen LogP contribution in [0.25, 0.3) is 6.08 Å². The Hall–Kier alpha value is -2.35. The number of benzene rings is 3. The van der Waals surface area contributed by atoms with Gasteiger partial charge >= 0.3 is 0 Å². The molecular formula is C25H18Cl4N2O3S. The van der Waals surface area contributed by atoms with Crippen molar-refractivity contribution >= 4 is 81.0 Å². The summed E-state index contributed by atoms with van der Waals surface area (Å²) >= 11 is 25.7. The minimum Gasteiger partial charge on any atom is -0.490 e. The highest BCUT2D eigenvalue weighted by atomic mass is 35.5. The number of rotatable bonds is 7. The van der Waals surface area contributed by atoms with Crippen LogP contribution >= 0.6 is 58.2 Å². The van der Waals surface area contributed by atoms with Gasteiger partial charge in [-0.2, -0.15) is 0 Å². The number of halogens is 4. The van der Waals surface area contributed by atoms with Gasteiger partial charge in [0.1, 0.15) is 6.61 Å². The van der Waals surface area contributed by atoms with E-state index in [1.165, 1.54) is 11.8 Å². The first-order chi connectivity index (χ1) is 16.8. The standard InChI is InChI=1S/C25H18Cl4N2O3S/c1-2-33-21-10-14(6-9-20(21)34-13-15-7-8-16(26)12-18(15)28)11-22-24(32)31-25(35-22)30-19-5-3-4-17(27)23(19)29/h3-12H,2,13H2,1H3,(H,30,31,32)/b22-11-. The SMILES string of the molecule is CCOc1cc(/C=C2\SC(=Nc3cccc(Cl)c3Cl)NC2=O)ccc1OCc1ccc(Cl)cc1Cl. The molecular weight excluding hydrogens is 550 g/mol. The first-order valence-electron chi connectivity index (χ1n) is 10.4. The van der Waals surface area contributed by atoms with E-state index in [9.17, 15) is 4.79 Å². The average Bonchev–Trinajstić information content (AvgIpc) is 3.16. The van der Waals surface area contributed by atoms with Crippen LogP contribution in [0, 0.1) is 0 Å². The predicted molar refractivity (Wildman–Crippen MR) is 146 cm³/mol. The van der Waals surface area contributed by atoms with Gasteiger partial charge < -0.3 is 14.8 Å². The van der Waals surface area contributed by atoms with E-state index >= 15 is 0 Å². The predicted octanol–water partition coefficient (Wildman–Crippen LogP) is 8.17. The highest BCUT2D eigenvalue weighted by molar-refractivity contribution is 8.18. The molecule has 0 aromatic heterocycles. The van der Waals surface area contributed by atoms with Gasteiger partial charge in [0, 0.05) is 15.6 Å². The van der Waals surface area contributed by atoms with Crippen molar-refractivity contribution in [3.05, 3.63) is 90.7 Å². The minimum atomic E-state index is -0.262. The Labute approximate surface area is 227 Å². The lowest BCUT2D eigenvalue weighted by Gasteiger charge is -2.13. The van der Waals surface area contributed by atoms with E-state index in [0.29, 0.717) is 54.0 Å². The van der Waals surface area contributed by atoms with Crippen molar-refractivity contribution in [3.8, 4) is 11.5 Å². The average molecular weight is 568 g/mol. The number of nitrogens with zero attached hydrogens (tertiary/aromatic N) is 1. The van der Waals surface area contributed by atoms with Crippen molar-refractivity contribution < 1.29 is 14.3 Å². The number of carbonyl (C=O) groups is 1. The summed E-state index contributed by atoms with van der Waals surface area (Å²) in [5, 5.41) is 4.96. The Balaban J connectivity index is 1.53. The third-order valence-corrected chi connectivity index (χ3v) is 7.07. The summed E-state index contributed by atoms with van der Waals surface area (Å²) in [6.07, 6.45) is 1.75. The van der Waals surface area contributed by atoms with Crippen LogP contribution in [0.1, 0.15) is 18.1 Å². The second-order valence-electron chi connectivity index (χ2n) is 7.22. The Kier molecular flexibility index (Phi) is 8.52. The van der Waals surface area contributed by atoms with Gasteiger partial charge in [-0.1, -0.05) is 64.6 Å². The first kappa shape index (κ1) is 25.7. The fraction of sp³-hybridized carbons (Fsp3) is 0.120. The molecule has 0 spiro atoms. The van der Waals surface area contributed by atoms with E-state index in [1.54, 1.807) is 42.5 Å². The zero-order valence-electron chi connectivity index (χ0n) is 18.3. The van der Waals surface area contributed by atoms with E-state index in [4.69, 9.17) is 55.9 Å². The van der Waals surface area contributed by atoms with Crippen LogP contribution in [-0.4, -0.2) is 17.7 Å². The number of thioether (sulfide) groups is 1. The number of carbonyl (C=O) groups excluding carboxylic acids is 1. The number of hydrogen-bond acceptors (Lipinski definition) is 5. The fourth-order valence-corrected chi connectivity index (χ4v) is 4.75. The van der Waals surface area contributed by atoms with Gasteiger partial charge in [-0.15, -0.1) is 0 Å². The molecule has 10 heteroatoms. The fourth-order valence-electron chi connectivity index (χ4n) is 3.12. The molecule has 1 aliphatic rings. The Morgan fingerprint density at radius 1 is 0.971 bits per heavy atom. The van der Waals surface area contributed by atoms with E-state index in [-0.39, 0.29) is 12.5 Å².